The van der Waals surface area contributed by atoms with E-state index in [1.807, 2.05) is 6.92 Å². The van der Waals surface area contributed by atoms with Gasteiger partial charge in [-0.15, -0.1) is 0 Å². The summed E-state index contributed by atoms with van der Waals surface area (Å²) in [5.41, 5.74) is 2.75. The number of fused-ring (bicyclic) bond motifs is 1. The Labute approximate surface area is 160 Å². The third-order valence-electron chi connectivity index (χ3n) is 4.73. The molecule has 28 heavy (non-hydrogen) atoms. The molecule has 1 atom stereocenters. The molecule has 1 amide bonds. The Hall–Kier alpha value is -2.84. The van der Waals surface area contributed by atoms with Crippen molar-refractivity contribution in [2.75, 3.05) is 19.0 Å². The van der Waals surface area contributed by atoms with E-state index in [-0.39, 0.29) is 11.9 Å². The first-order valence-corrected chi connectivity index (χ1v) is 8.84. The van der Waals surface area contributed by atoms with Gasteiger partial charge in [-0.1, -0.05) is 0 Å². The zero-order chi connectivity index (χ0) is 20.5. The van der Waals surface area contributed by atoms with Crippen LogP contribution in [0.25, 0.3) is 0 Å². The van der Waals surface area contributed by atoms with Crippen molar-refractivity contribution in [1.82, 2.24) is 14.9 Å². The van der Waals surface area contributed by atoms with E-state index < -0.39 is 19.2 Å². The number of hydrogen-bond acceptors (Lipinski definition) is 5. The highest BCUT2D eigenvalue weighted by Crippen LogP contribution is 2.34. The Morgan fingerprint density at radius 3 is 2.75 bits per heavy atom. The number of carbonyl (C=O) groups is 1. The number of nitrogens with one attached hydrogen (secondary N) is 1. The number of ether oxygens (including phenoxy) is 1. The van der Waals surface area contributed by atoms with Gasteiger partial charge >= 0.3 is 6.18 Å². The molecule has 1 aliphatic rings. The molecule has 3 heterocycles. The summed E-state index contributed by atoms with van der Waals surface area (Å²) in [6.07, 6.45) is -2.28. The van der Waals surface area contributed by atoms with Crippen LogP contribution in [0, 0.1) is 6.92 Å². The number of carbonyl (C=O) groups excluding carboxylic acids is 1. The molecule has 150 valence electrons. The highest BCUT2D eigenvalue weighted by molar-refractivity contribution is 5.99. The van der Waals surface area contributed by atoms with Gasteiger partial charge < -0.3 is 15.0 Å². The molecule has 2 aromatic heterocycles. The third kappa shape index (κ3) is 4.02. The average molecular weight is 394 g/mol. The number of anilines is 1. The summed E-state index contributed by atoms with van der Waals surface area (Å²) in [6, 6.07) is 3.12. The fraction of sp³-hybridized carbons (Fsp3) is 0.421. The van der Waals surface area contributed by atoms with Crippen LogP contribution in [-0.4, -0.2) is 40.6 Å². The third-order valence-corrected chi connectivity index (χ3v) is 4.73. The summed E-state index contributed by atoms with van der Waals surface area (Å²) < 4.78 is 42.0. The molecule has 1 N–H and O–H groups in total. The minimum Gasteiger partial charge on any atom is -0.491 e. The number of hydrogen-bond donors (Lipinski definition) is 1. The van der Waals surface area contributed by atoms with Crippen molar-refractivity contribution in [2.45, 2.75) is 39.0 Å². The second-order valence-corrected chi connectivity index (χ2v) is 6.63. The first kappa shape index (κ1) is 19.9. The van der Waals surface area contributed by atoms with E-state index in [0.29, 0.717) is 34.9 Å². The lowest BCUT2D eigenvalue weighted by Crippen LogP contribution is -2.28. The molecule has 0 fully saturated rings. The van der Waals surface area contributed by atoms with E-state index in [9.17, 15) is 18.0 Å². The molecule has 2 aromatic rings. The number of nitrogens with zero attached hydrogens (tertiary/aromatic N) is 3. The fourth-order valence-electron chi connectivity index (χ4n) is 3.16. The van der Waals surface area contributed by atoms with Crippen LogP contribution in [0.3, 0.4) is 0 Å². The zero-order valence-electron chi connectivity index (χ0n) is 15.8. The lowest BCUT2D eigenvalue weighted by Gasteiger charge is -2.24. The molecule has 0 aromatic carbocycles. The van der Waals surface area contributed by atoms with Gasteiger partial charge in [-0.05, 0) is 31.5 Å². The van der Waals surface area contributed by atoms with Crippen LogP contribution >= 0.6 is 0 Å². The Kier molecular flexibility index (Phi) is 5.44. The molecular weight excluding hydrogens is 373 g/mol. The molecule has 0 aliphatic carbocycles. The van der Waals surface area contributed by atoms with Gasteiger partial charge in [0.15, 0.2) is 0 Å². The predicted octanol–water partition coefficient (Wildman–Crippen LogP) is 3.87. The van der Waals surface area contributed by atoms with Crippen LogP contribution in [0.1, 0.15) is 46.6 Å². The smallest absolute Gasteiger partial charge is 0.392 e. The standard InChI is InChI=1S/C19H21F3N4O2/c1-11-8-15(25-9-16(11)28-7-5-19(20,21)22)12(2)26-10-14-13(18(26)27)4-6-24-17(14)23-3/h4,6,8-9,12H,5,7,10H2,1-3H3,(H,23,24). The Bertz CT molecular complexity index is 886. The van der Waals surface area contributed by atoms with Crippen LogP contribution < -0.4 is 10.1 Å². The molecule has 0 saturated carbocycles. The number of halogens is 3. The van der Waals surface area contributed by atoms with E-state index >= 15 is 0 Å². The van der Waals surface area contributed by atoms with Gasteiger partial charge in [0.25, 0.3) is 5.91 Å². The summed E-state index contributed by atoms with van der Waals surface area (Å²) in [5.74, 6) is 0.863. The Balaban J connectivity index is 1.74. The molecule has 0 spiro atoms. The molecule has 0 saturated heterocycles. The van der Waals surface area contributed by atoms with Crippen LogP contribution in [0.4, 0.5) is 19.0 Å². The van der Waals surface area contributed by atoms with Crippen molar-refractivity contribution in [3.05, 3.63) is 46.9 Å². The summed E-state index contributed by atoms with van der Waals surface area (Å²) >= 11 is 0. The largest absolute Gasteiger partial charge is 0.491 e. The van der Waals surface area contributed by atoms with Crippen molar-refractivity contribution in [3.63, 3.8) is 0 Å². The highest BCUT2D eigenvalue weighted by Gasteiger charge is 2.34. The fourth-order valence-corrected chi connectivity index (χ4v) is 3.16. The van der Waals surface area contributed by atoms with Gasteiger partial charge in [0.05, 0.1) is 37.5 Å². The lowest BCUT2D eigenvalue weighted by atomic mass is 10.1. The number of rotatable bonds is 6. The zero-order valence-corrected chi connectivity index (χ0v) is 15.8. The number of pyridine rings is 2. The van der Waals surface area contributed by atoms with Gasteiger partial charge in [-0.2, -0.15) is 13.2 Å². The van der Waals surface area contributed by atoms with Crippen LogP contribution in [-0.2, 0) is 6.54 Å². The first-order valence-electron chi connectivity index (χ1n) is 8.84. The van der Waals surface area contributed by atoms with Gasteiger partial charge in [0.1, 0.15) is 11.6 Å². The molecule has 1 unspecified atom stereocenters. The van der Waals surface area contributed by atoms with E-state index in [4.69, 9.17) is 4.74 Å². The van der Waals surface area contributed by atoms with Crippen LogP contribution in [0.5, 0.6) is 5.75 Å². The van der Waals surface area contributed by atoms with Crippen LogP contribution in [0.15, 0.2) is 24.5 Å². The van der Waals surface area contributed by atoms with Crippen molar-refractivity contribution >= 4 is 11.7 Å². The van der Waals surface area contributed by atoms with Crippen LogP contribution in [0.2, 0.25) is 0 Å². The topological polar surface area (TPSA) is 67.3 Å². The number of alkyl halides is 3. The molecule has 3 rings (SSSR count). The molecule has 6 nitrogen and oxygen atoms in total. The van der Waals surface area contributed by atoms with Crippen molar-refractivity contribution in [3.8, 4) is 5.75 Å². The van der Waals surface area contributed by atoms with Gasteiger partial charge in [-0.25, -0.2) is 4.98 Å². The van der Waals surface area contributed by atoms with Gasteiger partial charge in [0, 0.05) is 24.4 Å². The van der Waals surface area contributed by atoms with E-state index in [1.54, 1.807) is 37.2 Å². The maximum atomic E-state index is 12.8. The van der Waals surface area contributed by atoms with E-state index in [2.05, 4.69) is 15.3 Å². The summed E-state index contributed by atoms with van der Waals surface area (Å²) in [7, 11) is 1.75. The average Bonchev–Trinajstić information content (AvgIpc) is 2.98. The van der Waals surface area contributed by atoms with E-state index in [1.165, 1.54) is 6.20 Å². The first-order chi connectivity index (χ1) is 13.2. The van der Waals surface area contributed by atoms with Crippen molar-refractivity contribution in [1.29, 1.82) is 0 Å². The minimum atomic E-state index is -4.26. The highest BCUT2D eigenvalue weighted by atomic mass is 19.4. The molecule has 1 aliphatic heterocycles. The maximum Gasteiger partial charge on any atom is 0.392 e. The Morgan fingerprint density at radius 2 is 2.11 bits per heavy atom. The number of aromatic nitrogens is 2. The normalized spacial score (nSPS) is 14.8. The quantitative estimate of drug-likeness (QED) is 0.806. The Morgan fingerprint density at radius 1 is 1.36 bits per heavy atom. The molecule has 0 bridgehead atoms. The predicted molar refractivity (Wildman–Crippen MR) is 97.2 cm³/mol. The molecule has 0 radical (unpaired) electrons. The maximum absolute atomic E-state index is 12.8. The monoisotopic (exact) mass is 394 g/mol. The summed E-state index contributed by atoms with van der Waals surface area (Å²) in [5, 5.41) is 2.99. The second-order valence-electron chi connectivity index (χ2n) is 6.63. The van der Waals surface area contributed by atoms with E-state index in [0.717, 1.165) is 5.56 Å². The number of amides is 1. The minimum absolute atomic E-state index is 0.105. The SMILES string of the molecule is CNc1nccc2c1CN(C(C)c1cc(C)c(OCCC(F)(F)F)cn1)C2=O. The molecular formula is C19H21F3N4O2. The summed E-state index contributed by atoms with van der Waals surface area (Å²) in [4.78, 5) is 23.0. The van der Waals surface area contributed by atoms with Gasteiger partial charge in [0.2, 0.25) is 0 Å². The second kappa shape index (κ2) is 7.65. The van der Waals surface area contributed by atoms with Gasteiger partial charge in [-0.3, -0.25) is 9.78 Å². The molecule has 9 heteroatoms. The van der Waals surface area contributed by atoms with Crippen molar-refractivity contribution < 1.29 is 22.7 Å². The van der Waals surface area contributed by atoms with Crippen molar-refractivity contribution in [2.24, 2.45) is 0 Å². The number of aryl methyl sites for hydroxylation is 1. The summed E-state index contributed by atoms with van der Waals surface area (Å²) in [6.45, 7) is 3.55. The lowest BCUT2D eigenvalue weighted by molar-refractivity contribution is -0.139.